The van der Waals surface area contributed by atoms with Gasteiger partial charge in [0.15, 0.2) is 5.82 Å². The van der Waals surface area contributed by atoms with Gasteiger partial charge in [-0.15, -0.1) is 0 Å². The molecule has 0 bridgehead atoms. The molecule has 3 nitrogen and oxygen atoms in total. The van der Waals surface area contributed by atoms with Gasteiger partial charge in [-0.05, 0) is 28.8 Å². The Morgan fingerprint density at radius 1 is 0.938 bits per heavy atom. The molecule has 82 valence electrons. The fourth-order valence-corrected chi connectivity index (χ4v) is 1.79. The number of benzene rings is 1. The van der Waals surface area contributed by atoms with Crippen LogP contribution < -0.4 is 0 Å². The third kappa shape index (κ3) is 2.64. The minimum Gasteiger partial charge on any atom is -0.198 e. The van der Waals surface area contributed by atoms with E-state index in [9.17, 15) is 0 Å². The van der Waals surface area contributed by atoms with Crippen LogP contribution in [-0.2, 0) is 5.75 Å². The molecule has 0 fully saturated rings. The number of hydrogen-bond acceptors (Lipinski definition) is 4. The summed E-state index contributed by atoms with van der Waals surface area (Å²) in [5.74, 6) is 1.16. The average Bonchev–Trinajstić information content (AvgIpc) is 2.28. The fourth-order valence-electron chi connectivity index (χ4n) is 1.21. The van der Waals surface area contributed by atoms with Crippen LogP contribution in [0, 0.1) is 0 Å². The Kier molecular flexibility index (Phi) is 3.63. The molecule has 0 aliphatic rings. The largest absolute Gasteiger partial charge is 0.227 e. The zero-order valence-corrected chi connectivity index (χ0v) is 10.5. The Morgan fingerprint density at radius 2 is 1.50 bits per heavy atom. The van der Waals surface area contributed by atoms with E-state index in [1.54, 1.807) is 0 Å². The SMILES string of the molecule is SCc1ccc(-c2nc(Cl)nc(Cl)n2)cc1. The van der Waals surface area contributed by atoms with Crippen molar-refractivity contribution in [3.63, 3.8) is 0 Å². The monoisotopic (exact) mass is 271 g/mol. The van der Waals surface area contributed by atoms with Crippen molar-refractivity contribution < 1.29 is 0 Å². The van der Waals surface area contributed by atoms with Crippen LogP contribution in [0.2, 0.25) is 10.6 Å². The molecule has 0 saturated carbocycles. The van der Waals surface area contributed by atoms with Crippen LogP contribution in [0.3, 0.4) is 0 Å². The van der Waals surface area contributed by atoms with Crippen molar-refractivity contribution in [2.45, 2.75) is 5.75 Å². The summed E-state index contributed by atoms with van der Waals surface area (Å²) in [6, 6.07) is 7.70. The molecular weight excluding hydrogens is 265 g/mol. The lowest BCUT2D eigenvalue weighted by Crippen LogP contribution is -1.93. The van der Waals surface area contributed by atoms with E-state index in [0.717, 1.165) is 11.1 Å². The van der Waals surface area contributed by atoms with E-state index in [1.165, 1.54) is 0 Å². The third-order valence-electron chi connectivity index (χ3n) is 1.98. The van der Waals surface area contributed by atoms with Gasteiger partial charge in [0.05, 0.1) is 0 Å². The van der Waals surface area contributed by atoms with Gasteiger partial charge >= 0.3 is 0 Å². The van der Waals surface area contributed by atoms with E-state index in [2.05, 4.69) is 27.6 Å². The molecule has 0 N–H and O–H groups in total. The summed E-state index contributed by atoms with van der Waals surface area (Å²) in [4.78, 5) is 11.7. The summed E-state index contributed by atoms with van der Waals surface area (Å²) in [6.07, 6.45) is 0. The zero-order valence-electron chi connectivity index (χ0n) is 8.06. The van der Waals surface area contributed by atoms with Crippen LogP contribution in [-0.4, -0.2) is 15.0 Å². The molecule has 1 aromatic heterocycles. The first kappa shape index (κ1) is 11.6. The average molecular weight is 272 g/mol. The minimum absolute atomic E-state index is 0.0910. The molecule has 6 heteroatoms. The summed E-state index contributed by atoms with van der Waals surface area (Å²) in [5.41, 5.74) is 1.97. The molecule has 0 aliphatic heterocycles. The summed E-state index contributed by atoms with van der Waals surface area (Å²) in [6.45, 7) is 0. The fraction of sp³-hybridized carbons (Fsp3) is 0.100. The highest BCUT2D eigenvalue weighted by Crippen LogP contribution is 2.19. The topological polar surface area (TPSA) is 38.7 Å². The molecule has 2 aromatic rings. The predicted octanol–water partition coefficient (Wildman–Crippen LogP) is 3.28. The molecule has 0 spiro atoms. The molecule has 0 unspecified atom stereocenters. The van der Waals surface area contributed by atoms with Crippen molar-refractivity contribution in [2.24, 2.45) is 0 Å². The second kappa shape index (κ2) is 4.99. The highest BCUT2D eigenvalue weighted by Gasteiger charge is 2.05. The Morgan fingerprint density at radius 3 is 2.00 bits per heavy atom. The number of nitrogens with zero attached hydrogens (tertiary/aromatic N) is 3. The Hall–Kier alpha value is -0.840. The van der Waals surface area contributed by atoms with E-state index >= 15 is 0 Å². The van der Waals surface area contributed by atoms with Crippen LogP contribution in [0.4, 0.5) is 0 Å². The van der Waals surface area contributed by atoms with Crippen LogP contribution in [0.1, 0.15) is 5.56 Å². The van der Waals surface area contributed by atoms with Crippen LogP contribution in [0.15, 0.2) is 24.3 Å². The molecule has 0 amide bonds. The highest BCUT2D eigenvalue weighted by molar-refractivity contribution is 7.79. The first-order valence-corrected chi connectivity index (χ1v) is 5.85. The van der Waals surface area contributed by atoms with Crippen LogP contribution >= 0.6 is 35.8 Å². The normalized spacial score (nSPS) is 10.4. The first-order valence-electron chi connectivity index (χ1n) is 4.46. The maximum Gasteiger partial charge on any atom is 0.227 e. The quantitative estimate of drug-likeness (QED) is 0.853. The maximum absolute atomic E-state index is 5.70. The van der Waals surface area contributed by atoms with Gasteiger partial charge in [0, 0.05) is 11.3 Å². The standard InChI is InChI=1S/C10H7Cl2N3S/c11-9-13-8(14-10(12)15-9)7-3-1-6(5-16)2-4-7/h1-4,16H,5H2. The van der Waals surface area contributed by atoms with E-state index < -0.39 is 0 Å². The Bertz CT molecular complexity index is 482. The summed E-state index contributed by atoms with van der Waals surface area (Å²) in [5, 5.41) is 0.182. The molecule has 0 aliphatic carbocycles. The second-order valence-electron chi connectivity index (χ2n) is 3.05. The van der Waals surface area contributed by atoms with E-state index in [4.69, 9.17) is 23.2 Å². The first-order chi connectivity index (χ1) is 7.69. The molecule has 1 aromatic carbocycles. The predicted molar refractivity (Wildman–Crippen MR) is 68.0 cm³/mol. The van der Waals surface area contributed by atoms with E-state index in [-0.39, 0.29) is 10.6 Å². The van der Waals surface area contributed by atoms with Gasteiger partial charge in [-0.2, -0.15) is 27.6 Å². The number of hydrogen-bond donors (Lipinski definition) is 1. The van der Waals surface area contributed by atoms with E-state index in [1.807, 2.05) is 24.3 Å². The lowest BCUT2D eigenvalue weighted by Gasteiger charge is -2.01. The lowest BCUT2D eigenvalue weighted by atomic mass is 10.1. The minimum atomic E-state index is 0.0910. The maximum atomic E-state index is 5.70. The van der Waals surface area contributed by atoms with Gasteiger partial charge in [0.1, 0.15) is 0 Å². The Balaban J connectivity index is 2.42. The van der Waals surface area contributed by atoms with Gasteiger partial charge in [-0.25, -0.2) is 0 Å². The molecule has 1 heterocycles. The van der Waals surface area contributed by atoms with Gasteiger partial charge < -0.3 is 0 Å². The van der Waals surface area contributed by atoms with Crippen molar-refractivity contribution in [3.8, 4) is 11.4 Å². The van der Waals surface area contributed by atoms with Crippen molar-refractivity contribution in [1.82, 2.24) is 15.0 Å². The van der Waals surface area contributed by atoms with Gasteiger partial charge in [0.2, 0.25) is 10.6 Å². The Labute approximate surface area is 108 Å². The van der Waals surface area contributed by atoms with Crippen LogP contribution in [0.5, 0.6) is 0 Å². The van der Waals surface area contributed by atoms with Gasteiger partial charge in [-0.3, -0.25) is 0 Å². The number of aromatic nitrogens is 3. The van der Waals surface area contributed by atoms with E-state index in [0.29, 0.717) is 11.6 Å². The lowest BCUT2D eigenvalue weighted by molar-refractivity contribution is 1.06. The smallest absolute Gasteiger partial charge is 0.198 e. The zero-order chi connectivity index (χ0) is 11.5. The number of halogens is 2. The molecule has 2 rings (SSSR count). The molecule has 0 radical (unpaired) electrons. The van der Waals surface area contributed by atoms with Crippen molar-refractivity contribution in [3.05, 3.63) is 40.4 Å². The van der Waals surface area contributed by atoms with Crippen molar-refractivity contribution >= 4 is 35.8 Å². The van der Waals surface area contributed by atoms with Gasteiger partial charge in [0.25, 0.3) is 0 Å². The highest BCUT2D eigenvalue weighted by atomic mass is 35.5. The summed E-state index contributed by atoms with van der Waals surface area (Å²) < 4.78 is 0. The molecular formula is C10H7Cl2N3S. The molecule has 16 heavy (non-hydrogen) atoms. The van der Waals surface area contributed by atoms with Gasteiger partial charge in [-0.1, -0.05) is 24.3 Å². The molecule has 0 saturated heterocycles. The van der Waals surface area contributed by atoms with Crippen molar-refractivity contribution in [2.75, 3.05) is 0 Å². The summed E-state index contributed by atoms with van der Waals surface area (Å²) >= 11 is 15.6. The number of rotatable bonds is 2. The number of thiol groups is 1. The second-order valence-corrected chi connectivity index (χ2v) is 4.04. The molecule has 0 atom stereocenters. The summed E-state index contributed by atoms with van der Waals surface area (Å²) in [7, 11) is 0. The third-order valence-corrected chi connectivity index (χ3v) is 2.68. The van der Waals surface area contributed by atoms with Crippen molar-refractivity contribution in [1.29, 1.82) is 0 Å². The van der Waals surface area contributed by atoms with Crippen LogP contribution in [0.25, 0.3) is 11.4 Å².